The number of fused-ring (bicyclic) bond motifs is 1. The Bertz CT molecular complexity index is 506. The molecular formula is C13H15ClF3N3. The quantitative estimate of drug-likeness (QED) is 0.736. The summed E-state index contributed by atoms with van der Waals surface area (Å²) in [5, 5.41) is -0.151. The van der Waals surface area contributed by atoms with Crippen LogP contribution in [-0.4, -0.2) is 22.6 Å². The van der Waals surface area contributed by atoms with Gasteiger partial charge in [-0.2, -0.15) is 13.2 Å². The van der Waals surface area contributed by atoms with Crippen LogP contribution < -0.4 is 4.90 Å². The van der Waals surface area contributed by atoms with Gasteiger partial charge >= 0.3 is 6.18 Å². The first kappa shape index (κ1) is 13.9. The molecule has 1 aliphatic heterocycles. The Balaban J connectivity index is 1.95. The van der Waals surface area contributed by atoms with Gasteiger partial charge < -0.3 is 4.90 Å². The molecule has 7 heteroatoms. The molecule has 1 saturated heterocycles. The topological polar surface area (TPSA) is 29.0 Å². The highest BCUT2D eigenvalue weighted by atomic mass is 35.5. The first-order chi connectivity index (χ1) is 9.45. The molecule has 3 nitrogen and oxygen atoms in total. The van der Waals surface area contributed by atoms with Crippen molar-refractivity contribution in [2.45, 2.75) is 44.3 Å². The van der Waals surface area contributed by atoms with Crippen molar-refractivity contribution in [1.29, 1.82) is 0 Å². The zero-order valence-electron chi connectivity index (χ0n) is 10.8. The maximum Gasteiger partial charge on any atom is 0.451 e. The third-order valence-corrected chi connectivity index (χ3v) is 4.42. The smallest absolute Gasteiger partial charge is 0.353 e. The molecule has 2 heterocycles. The Hall–Kier alpha value is -1.04. The standard InChI is InChI=1S/C13H15ClF3N3/c14-10-7-11(19-12(18-10)13(15,16)17)20-6-2-4-8-3-1-5-9(8)20/h7-9H,1-6H2. The summed E-state index contributed by atoms with van der Waals surface area (Å²) in [4.78, 5) is 8.97. The van der Waals surface area contributed by atoms with E-state index in [1.54, 1.807) is 0 Å². The Morgan fingerprint density at radius 3 is 2.65 bits per heavy atom. The Morgan fingerprint density at radius 1 is 1.15 bits per heavy atom. The number of hydrogen-bond acceptors (Lipinski definition) is 3. The fourth-order valence-electron chi connectivity index (χ4n) is 3.42. The lowest BCUT2D eigenvalue weighted by Gasteiger charge is -2.38. The number of nitrogens with zero attached hydrogens (tertiary/aromatic N) is 3. The third kappa shape index (κ3) is 2.57. The van der Waals surface area contributed by atoms with Gasteiger partial charge in [-0.3, -0.25) is 0 Å². The molecule has 110 valence electrons. The molecule has 0 N–H and O–H groups in total. The van der Waals surface area contributed by atoms with Gasteiger partial charge in [0.15, 0.2) is 0 Å². The SMILES string of the molecule is FC(F)(F)c1nc(Cl)cc(N2CCCC3CCCC32)n1. The van der Waals surface area contributed by atoms with Crippen molar-refractivity contribution in [1.82, 2.24) is 9.97 Å². The Morgan fingerprint density at radius 2 is 1.90 bits per heavy atom. The van der Waals surface area contributed by atoms with Gasteiger partial charge in [-0.25, -0.2) is 9.97 Å². The molecule has 2 fully saturated rings. The predicted octanol–water partition coefficient (Wildman–Crippen LogP) is 3.92. The number of hydrogen-bond donors (Lipinski definition) is 0. The van der Waals surface area contributed by atoms with E-state index in [1.165, 1.54) is 6.07 Å². The lowest BCUT2D eigenvalue weighted by molar-refractivity contribution is -0.144. The van der Waals surface area contributed by atoms with Gasteiger partial charge in [-0.15, -0.1) is 0 Å². The summed E-state index contributed by atoms with van der Waals surface area (Å²) in [7, 11) is 0. The molecule has 0 radical (unpaired) electrons. The Labute approximate surface area is 120 Å². The maximum atomic E-state index is 12.8. The zero-order chi connectivity index (χ0) is 14.3. The first-order valence-electron chi connectivity index (χ1n) is 6.83. The minimum absolute atomic E-state index is 0.151. The molecule has 0 amide bonds. The molecule has 1 aromatic heterocycles. The lowest BCUT2D eigenvalue weighted by atomic mass is 9.92. The molecule has 2 aliphatic rings. The highest BCUT2D eigenvalue weighted by Gasteiger charge is 2.39. The number of aromatic nitrogens is 2. The normalized spacial score (nSPS) is 26.7. The molecule has 1 aromatic rings. The third-order valence-electron chi connectivity index (χ3n) is 4.22. The molecule has 2 atom stereocenters. The second-order valence-corrected chi connectivity index (χ2v) is 5.85. The summed E-state index contributed by atoms with van der Waals surface area (Å²) in [6.07, 6.45) is 0.900. The summed E-state index contributed by atoms with van der Waals surface area (Å²) in [5.41, 5.74) is 0. The van der Waals surface area contributed by atoms with Crippen LogP contribution in [-0.2, 0) is 6.18 Å². The van der Waals surface area contributed by atoms with Crippen molar-refractivity contribution in [2.75, 3.05) is 11.4 Å². The number of anilines is 1. The largest absolute Gasteiger partial charge is 0.451 e. The summed E-state index contributed by atoms with van der Waals surface area (Å²) in [5.74, 6) is -0.263. The van der Waals surface area contributed by atoms with Crippen LogP contribution in [0.1, 0.15) is 37.9 Å². The average molecular weight is 306 g/mol. The molecule has 0 bridgehead atoms. The van der Waals surface area contributed by atoms with E-state index in [-0.39, 0.29) is 5.15 Å². The van der Waals surface area contributed by atoms with Gasteiger partial charge in [-0.1, -0.05) is 18.0 Å². The van der Waals surface area contributed by atoms with Gasteiger partial charge in [0.05, 0.1) is 0 Å². The van der Waals surface area contributed by atoms with Crippen LogP contribution in [0.4, 0.5) is 19.0 Å². The molecule has 0 aromatic carbocycles. The van der Waals surface area contributed by atoms with E-state index < -0.39 is 12.0 Å². The van der Waals surface area contributed by atoms with Crippen LogP contribution in [0, 0.1) is 5.92 Å². The van der Waals surface area contributed by atoms with E-state index in [0.717, 1.165) is 38.6 Å². The van der Waals surface area contributed by atoms with E-state index in [1.807, 2.05) is 4.90 Å². The summed E-state index contributed by atoms with van der Waals surface area (Å²) in [6.45, 7) is 0.742. The fourth-order valence-corrected chi connectivity index (χ4v) is 3.60. The molecule has 1 saturated carbocycles. The van der Waals surface area contributed by atoms with Crippen molar-refractivity contribution in [3.8, 4) is 0 Å². The van der Waals surface area contributed by atoms with Crippen molar-refractivity contribution >= 4 is 17.4 Å². The van der Waals surface area contributed by atoms with Gasteiger partial charge in [0.25, 0.3) is 0 Å². The van der Waals surface area contributed by atoms with Crippen molar-refractivity contribution in [2.24, 2.45) is 5.92 Å². The number of piperidine rings is 1. The molecule has 20 heavy (non-hydrogen) atoms. The number of halogens is 4. The average Bonchev–Trinajstić information content (AvgIpc) is 2.84. The van der Waals surface area contributed by atoms with Crippen LogP contribution in [0.3, 0.4) is 0 Å². The molecule has 3 rings (SSSR count). The van der Waals surface area contributed by atoms with E-state index in [9.17, 15) is 13.2 Å². The van der Waals surface area contributed by atoms with E-state index in [2.05, 4.69) is 9.97 Å². The zero-order valence-corrected chi connectivity index (χ0v) is 11.6. The predicted molar refractivity (Wildman–Crippen MR) is 69.8 cm³/mol. The van der Waals surface area contributed by atoms with Crippen LogP contribution in [0.2, 0.25) is 5.15 Å². The van der Waals surface area contributed by atoms with Gasteiger partial charge in [0.2, 0.25) is 5.82 Å². The van der Waals surface area contributed by atoms with Gasteiger partial charge in [-0.05, 0) is 31.6 Å². The molecule has 2 unspecified atom stereocenters. The van der Waals surface area contributed by atoms with E-state index >= 15 is 0 Å². The maximum absolute atomic E-state index is 12.8. The monoisotopic (exact) mass is 305 g/mol. The van der Waals surface area contributed by atoms with Crippen LogP contribution in [0.5, 0.6) is 0 Å². The Kier molecular flexibility index (Phi) is 3.52. The molecular weight excluding hydrogens is 291 g/mol. The van der Waals surface area contributed by atoms with Crippen molar-refractivity contribution in [3.63, 3.8) is 0 Å². The van der Waals surface area contributed by atoms with Crippen LogP contribution >= 0.6 is 11.6 Å². The lowest BCUT2D eigenvalue weighted by Crippen LogP contribution is -2.43. The number of rotatable bonds is 1. The summed E-state index contributed by atoms with van der Waals surface area (Å²) < 4.78 is 38.3. The molecule has 0 spiro atoms. The second kappa shape index (κ2) is 5.06. The fraction of sp³-hybridized carbons (Fsp3) is 0.692. The van der Waals surface area contributed by atoms with Gasteiger partial charge in [0.1, 0.15) is 11.0 Å². The minimum atomic E-state index is -4.56. The second-order valence-electron chi connectivity index (χ2n) is 5.46. The number of alkyl halides is 3. The minimum Gasteiger partial charge on any atom is -0.353 e. The van der Waals surface area contributed by atoms with E-state index in [0.29, 0.717) is 17.8 Å². The highest BCUT2D eigenvalue weighted by molar-refractivity contribution is 6.29. The summed E-state index contributed by atoms with van der Waals surface area (Å²) >= 11 is 5.74. The summed E-state index contributed by atoms with van der Waals surface area (Å²) in [6, 6.07) is 1.74. The van der Waals surface area contributed by atoms with Gasteiger partial charge in [0, 0.05) is 18.7 Å². The van der Waals surface area contributed by atoms with E-state index in [4.69, 9.17) is 11.6 Å². The first-order valence-corrected chi connectivity index (χ1v) is 7.21. The highest BCUT2D eigenvalue weighted by Crippen LogP contribution is 2.39. The van der Waals surface area contributed by atoms with Crippen LogP contribution in [0.25, 0.3) is 0 Å². The van der Waals surface area contributed by atoms with Crippen molar-refractivity contribution < 1.29 is 13.2 Å². The molecule has 1 aliphatic carbocycles. The van der Waals surface area contributed by atoms with Crippen LogP contribution in [0.15, 0.2) is 6.07 Å². The van der Waals surface area contributed by atoms with Crippen molar-refractivity contribution in [3.05, 3.63) is 17.0 Å².